The fraction of sp³-hybridized carbons (Fsp3) is 0.367. The summed E-state index contributed by atoms with van der Waals surface area (Å²) in [4.78, 5) is 17.5. The van der Waals surface area contributed by atoms with Gasteiger partial charge in [0.2, 0.25) is 5.91 Å². The lowest BCUT2D eigenvalue weighted by atomic mass is 9.84. The van der Waals surface area contributed by atoms with E-state index in [1.807, 2.05) is 35.2 Å². The highest BCUT2D eigenvalue weighted by Crippen LogP contribution is 2.44. The molecule has 3 aromatic carbocycles. The van der Waals surface area contributed by atoms with Crippen molar-refractivity contribution in [3.63, 3.8) is 0 Å². The molecule has 0 saturated carbocycles. The standard InChI is InChI=1S/C30H34ClN3O2/c1-3-33(2)27-14-13-24(31)19-25(27)29(22-9-5-4-6-10-22)32-20-28(35)34-17-15-30(16-18-34)26-12-8-7-11-23(26)21-36-30/h4-14,19,29,32H,3,15-18,20-21H2,1-2H3. The van der Waals surface area contributed by atoms with Gasteiger partial charge in [0.15, 0.2) is 0 Å². The van der Waals surface area contributed by atoms with E-state index in [0.717, 1.165) is 36.2 Å². The molecule has 36 heavy (non-hydrogen) atoms. The molecule has 0 radical (unpaired) electrons. The van der Waals surface area contributed by atoms with Gasteiger partial charge in [0.05, 0.1) is 24.8 Å². The summed E-state index contributed by atoms with van der Waals surface area (Å²) in [5.74, 6) is 0.115. The minimum absolute atomic E-state index is 0.115. The molecule has 2 heterocycles. The minimum atomic E-state index is -0.242. The number of nitrogens with one attached hydrogen (secondary N) is 1. The van der Waals surface area contributed by atoms with Crippen LogP contribution in [-0.4, -0.2) is 44.0 Å². The van der Waals surface area contributed by atoms with Crippen LogP contribution in [0.3, 0.4) is 0 Å². The largest absolute Gasteiger partial charge is 0.375 e. The number of fused-ring (bicyclic) bond motifs is 2. The highest BCUT2D eigenvalue weighted by molar-refractivity contribution is 6.30. The van der Waals surface area contributed by atoms with E-state index < -0.39 is 0 Å². The third kappa shape index (κ3) is 4.88. The Morgan fingerprint density at radius 1 is 1.08 bits per heavy atom. The summed E-state index contributed by atoms with van der Waals surface area (Å²) in [6.07, 6.45) is 1.66. The Bertz CT molecular complexity index is 1210. The van der Waals surface area contributed by atoms with Crippen molar-refractivity contribution in [3.05, 3.63) is 100 Å². The average Bonchev–Trinajstić information content (AvgIpc) is 3.27. The van der Waals surface area contributed by atoms with Crippen molar-refractivity contribution in [2.24, 2.45) is 0 Å². The van der Waals surface area contributed by atoms with Crippen LogP contribution in [0.4, 0.5) is 5.69 Å². The predicted molar refractivity (Wildman–Crippen MR) is 145 cm³/mol. The van der Waals surface area contributed by atoms with Crippen LogP contribution in [0, 0.1) is 0 Å². The summed E-state index contributed by atoms with van der Waals surface area (Å²) in [5, 5.41) is 4.25. The second-order valence-corrected chi connectivity index (χ2v) is 10.2. The lowest BCUT2D eigenvalue weighted by molar-refractivity contribution is -0.137. The van der Waals surface area contributed by atoms with Crippen molar-refractivity contribution in [2.45, 2.75) is 38.0 Å². The molecule has 6 heteroatoms. The van der Waals surface area contributed by atoms with Gasteiger partial charge in [-0.3, -0.25) is 10.1 Å². The number of likely N-dealkylation sites (tertiary alicyclic amines) is 1. The van der Waals surface area contributed by atoms with Gasteiger partial charge < -0.3 is 14.5 Å². The van der Waals surface area contributed by atoms with Gasteiger partial charge in [-0.15, -0.1) is 0 Å². The van der Waals surface area contributed by atoms with Gasteiger partial charge in [-0.25, -0.2) is 0 Å². The number of carbonyl (C=O) groups excluding carboxylic acids is 1. The zero-order valence-electron chi connectivity index (χ0n) is 21.0. The van der Waals surface area contributed by atoms with Crippen LogP contribution in [0.25, 0.3) is 0 Å². The Hall–Kier alpha value is -2.86. The molecular formula is C30H34ClN3O2. The second-order valence-electron chi connectivity index (χ2n) is 9.76. The van der Waals surface area contributed by atoms with E-state index in [9.17, 15) is 4.79 Å². The number of ether oxygens (including phenoxy) is 1. The van der Waals surface area contributed by atoms with Crippen molar-refractivity contribution in [1.82, 2.24) is 10.2 Å². The van der Waals surface area contributed by atoms with Crippen molar-refractivity contribution >= 4 is 23.2 Å². The van der Waals surface area contributed by atoms with Crippen LogP contribution in [0.5, 0.6) is 0 Å². The molecule has 5 nitrogen and oxygen atoms in total. The quantitative estimate of drug-likeness (QED) is 0.461. The normalized spacial score (nSPS) is 17.1. The highest BCUT2D eigenvalue weighted by Gasteiger charge is 2.43. The zero-order chi connectivity index (χ0) is 25.1. The summed E-state index contributed by atoms with van der Waals surface area (Å²) in [5.41, 5.74) is 5.61. The number of piperidine rings is 1. The Labute approximate surface area is 219 Å². The van der Waals surface area contributed by atoms with Gasteiger partial charge in [0.25, 0.3) is 0 Å². The van der Waals surface area contributed by atoms with Crippen molar-refractivity contribution < 1.29 is 9.53 Å². The van der Waals surface area contributed by atoms with E-state index in [2.05, 4.69) is 66.7 Å². The van der Waals surface area contributed by atoms with Crippen LogP contribution in [-0.2, 0) is 21.7 Å². The third-order valence-electron chi connectivity index (χ3n) is 7.71. The first-order valence-electron chi connectivity index (χ1n) is 12.8. The summed E-state index contributed by atoms with van der Waals surface area (Å²) in [7, 11) is 2.08. The highest BCUT2D eigenvalue weighted by atomic mass is 35.5. The van der Waals surface area contributed by atoms with Crippen LogP contribution in [0.1, 0.15) is 48.1 Å². The number of nitrogens with zero attached hydrogens (tertiary/aromatic N) is 2. The van der Waals surface area contributed by atoms with E-state index in [1.54, 1.807) is 0 Å². The van der Waals surface area contributed by atoms with Gasteiger partial charge in [-0.05, 0) is 60.2 Å². The summed E-state index contributed by atoms with van der Waals surface area (Å²) in [6.45, 7) is 5.32. The Balaban J connectivity index is 1.31. The van der Waals surface area contributed by atoms with Gasteiger partial charge in [-0.1, -0.05) is 66.2 Å². The number of amides is 1. The Kier molecular flexibility index (Phi) is 7.33. The molecule has 2 aliphatic heterocycles. The fourth-order valence-electron chi connectivity index (χ4n) is 5.54. The first-order valence-corrected chi connectivity index (χ1v) is 13.2. The summed E-state index contributed by atoms with van der Waals surface area (Å²) >= 11 is 6.44. The van der Waals surface area contributed by atoms with Crippen molar-refractivity contribution in [3.8, 4) is 0 Å². The van der Waals surface area contributed by atoms with Gasteiger partial charge >= 0.3 is 0 Å². The molecule has 1 N–H and O–H groups in total. The second kappa shape index (κ2) is 10.6. The van der Waals surface area contributed by atoms with E-state index >= 15 is 0 Å². The topological polar surface area (TPSA) is 44.8 Å². The number of halogens is 1. The molecule has 0 aliphatic carbocycles. The number of carbonyl (C=O) groups is 1. The molecule has 1 fully saturated rings. The molecule has 1 unspecified atom stereocenters. The first-order chi connectivity index (χ1) is 17.5. The summed E-state index contributed by atoms with van der Waals surface area (Å²) < 4.78 is 6.28. The number of hydrogen-bond donors (Lipinski definition) is 1. The first kappa shape index (κ1) is 24.8. The molecule has 3 aromatic rings. The van der Waals surface area contributed by atoms with Crippen LogP contribution in [0.15, 0.2) is 72.8 Å². The van der Waals surface area contributed by atoms with E-state index in [0.29, 0.717) is 24.7 Å². The predicted octanol–water partition coefficient (Wildman–Crippen LogP) is 5.52. The van der Waals surface area contributed by atoms with E-state index in [1.165, 1.54) is 11.1 Å². The molecule has 5 rings (SSSR count). The minimum Gasteiger partial charge on any atom is -0.375 e. The summed E-state index contributed by atoms with van der Waals surface area (Å²) in [6, 6.07) is 24.6. The molecule has 1 atom stereocenters. The van der Waals surface area contributed by atoms with Crippen molar-refractivity contribution in [2.75, 3.05) is 38.1 Å². The molecule has 0 bridgehead atoms. The average molecular weight is 504 g/mol. The molecule has 1 saturated heterocycles. The van der Waals surface area contributed by atoms with Gasteiger partial charge in [-0.2, -0.15) is 0 Å². The SMILES string of the molecule is CCN(C)c1ccc(Cl)cc1C(NCC(=O)N1CCC2(CC1)OCc1ccccc12)c1ccccc1. The molecule has 188 valence electrons. The number of benzene rings is 3. The monoisotopic (exact) mass is 503 g/mol. The lowest BCUT2D eigenvalue weighted by Crippen LogP contribution is -2.48. The number of rotatable bonds is 7. The van der Waals surface area contributed by atoms with E-state index in [-0.39, 0.29) is 24.1 Å². The van der Waals surface area contributed by atoms with Gasteiger partial charge in [0, 0.05) is 37.4 Å². The third-order valence-corrected chi connectivity index (χ3v) is 7.95. The Morgan fingerprint density at radius 3 is 2.56 bits per heavy atom. The van der Waals surface area contributed by atoms with Gasteiger partial charge in [0.1, 0.15) is 0 Å². The smallest absolute Gasteiger partial charge is 0.236 e. The zero-order valence-corrected chi connectivity index (χ0v) is 21.8. The number of anilines is 1. The number of hydrogen-bond acceptors (Lipinski definition) is 4. The van der Waals surface area contributed by atoms with Crippen LogP contribution < -0.4 is 10.2 Å². The van der Waals surface area contributed by atoms with Crippen molar-refractivity contribution in [1.29, 1.82) is 0 Å². The molecule has 2 aliphatic rings. The maximum Gasteiger partial charge on any atom is 0.236 e. The molecule has 0 aromatic heterocycles. The fourth-order valence-corrected chi connectivity index (χ4v) is 5.72. The maximum atomic E-state index is 13.3. The van der Waals surface area contributed by atoms with Crippen LogP contribution in [0.2, 0.25) is 5.02 Å². The molecule has 1 spiro atoms. The molecular weight excluding hydrogens is 470 g/mol. The Morgan fingerprint density at radius 2 is 1.81 bits per heavy atom. The van der Waals surface area contributed by atoms with E-state index in [4.69, 9.17) is 16.3 Å². The molecule has 1 amide bonds. The van der Waals surface area contributed by atoms with Crippen LogP contribution >= 0.6 is 11.6 Å². The maximum absolute atomic E-state index is 13.3. The lowest BCUT2D eigenvalue weighted by Gasteiger charge is -2.39.